The highest BCUT2D eigenvalue weighted by Crippen LogP contribution is 2.20. The second-order valence-electron chi connectivity index (χ2n) is 5.47. The second kappa shape index (κ2) is 4.64. The Balaban J connectivity index is 4.35. The maximum Gasteiger partial charge on any atom is 0.350 e. The monoisotopic (exact) mass is 215 g/mol. The first-order valence-corrected chi connectivity index (χ1v) is 5.00. The molecule has 0 bridgehead atoms. The van der Waals surface area contributed by atoms with Gasteiger partial charge in [0.2, 0.25) is 5.60 Å². The van der Waals surface area contributed by atoms with Crippen molar-refractivity contribution in [1.29, 1.82) is 0 Å². The molecular formula is C11H21NO3. The second-order valence-corrected chi connectivity index (χ2v) is 5.47. The van der Waals surface area contributed by atoms with Crippen LogP contribution in [0.25, 0.3) is 0 Å². The Morgan fingerprint density at radius 3 is 2.07 bits per heavy atom. The molecule has 0 heterocycles. The van der Waals surface area contributed by atoms with Gasteiger partial charge in [-0.25, -0.2) is 4.79 Å². The predicted molar refractivity (Wildman–Crippen MR) is 60.0 cm³/mol. The molecule has 0 rings (SSSR count). The molecule has 1 N–H and O–H groups in total. The van der Waals surface area contributed by atoms with Crippen molar-refractivity contribution in [3.63, 3.8) is 0 Å². The first-order valence-electron chi connectivity index (χ1n) is 5.00. The van der Waals surface area contributed by atoms with Gasteiger partial charge < -0.3 is 9.94 Å². The van der Waals surface area contributed by atoms with Gasteiger partial charge in [-0.2, -0.15) is 0 Å². The van der Waals surface area contributed by atoms with Crippen LogP contribution in [0.5, 0.6) is 0 Å². The summed E-state index contributed by atoms with van der Waals surface area (Å²) in [6, 6.07) is 0. The highest BCUT2D eigenvalue weighted by atomic mass is 16.7. The van der Waals surface area contributed by atoms with Crippen LogP contribution in [0.1, 0.15) is 48.0 Å². The largest absolute Gasteiger partial charge is 0.478 e. The van der Waals surface area contributed by atoms with E-state index in [9.17, 15) is 4.79 Å². The van der Waals surface area contributed by atoms with Gasteiger partial charge in [-0.15, -0.1) is 0 Å². The zero-order valence-corrected chi connectivity index (χ0v) is 10.4. The third-order valence-electron chi connectivity index (χ3n) is 1.73. The fraction of sp³-hybridized carbons (Fsp3) is 0.818. The number of aliphatic carboxylic acids is 1. The average Bonchev–Trinajstić information content (AvgIpc) is 1.97. The summed E-state index contributed by atoms with van der Waals surface area (Å²) in [5.41, 5.74) is -0.333. The molecule has 0 aromatic carbocycles. The lowest BCUT2D eigenvalue weighted by Gasteiger charge is -2.20. The van der Waals surface area contributed by atoms with E-state index in [1.165, 1.54) is 13.8 Å². The minimum absolute atomic E-state index is 0.129. The van der Waals surface area contributed by atoms with Crippen LogP contribution in [-0.2, 0) is 9.63 Å². The molecule has 88 valence electrons. The van der Waals surface area contributed by atoms with Crippen LogP contribution in [0.3, 0.4) is 0 Å². The lowest BCUT2D eigenvalue weighted by Crippen LogP contribution is -2.33. The van der Waals surface area contributed by atoms with E-state index in [1.54, 1.807) is 0 Å². The molecule has 0 spiro atoms. The van der Waals surface area contributed by atoms with Gasteiger partial charge in [0.05, 0.1) is 5.71 Å². The number of nitrogens with zero attached hydrogens (tertiary/aromatic N) is 1. The Labute approximate surface area is 91.3 Å². The normalized spacial score (nSPS) is 13.9. The number of rotatable bonds is 4. The van der Waals surface area contributed by atoms with Crippen LogP contribution < -0.4 is 0 Å². The molecule has 0 saturated carbocycles. The quantitative estimate of drug-likeness (QED) is 0.579. The number of oxime groups is 1. The summed E-state index contributed by atoms with van der Waals surface area (Å²) < 4.78 is 0. The highest BCUT2D eigenvalue weighted by molar-refractivity contribution is 5.82. The molecule has 0 saturated heterocycles. The van der Waals surface area contributed by atoms with E-state index >= 15 is 0 Å². The van der Waals surface area contributed by atoms with Crippen LogP contribution in [0.4, 0.5) is 0 Å². The lowest BCUT2D eigenvalue weighted by molar-refractivity contribution is -0.161. The third kappa shape index (κ3) is 6.10. The molecule has 15 heavy (non-hydrogen) atoms. The fourth-order valence-electron chi connectivity index (χ4n) is 1.03. The van der Waals surface area contributed by atoms with Gasteiger partial charge in [-0.3, -0.25) is 0 Å². The van der Waals surface area contributed by atoms with E-state index in [0.29, 0.717) is 0 Å². The van der Waals surface area contributed by atoms with E-state index in [4.69, 9.17) is 9.94 Å². The van der Waals surface area contributed by atoms with E-state index < -0.39 is 11.6 Å². The van der Waals surface area contributed by atoms with Crippen molar-refractivity contribution in [2.24, 2.45) is 10.6 Å². The average molecular weight is 215 g/mol. The third-order valence-corrected chi connectivity index (χ3v) is 1.73. The van der Waals surface area contributed by atoms with Crippen LogP contribution in [-0.4, -0.2) is 22.4 Å². The summed E-state index contributed by atoms with van der Waals surface area (Å²) in [5, 5.41) is 12.6. The molecule has 0 atom stereocenters. The smallest absolute Gasteiger partial charge is 0.350 e. The van der Waals surface area contributed by atoms with Gasteiger partial charge in [0, 0.05) is 0 Å². The first-order chi connectivity index (χ1) is 6.54. The molecular weight excluding hydrogens is 194 g/mol. The van der Waals surface area contributed by atoms with Crippen molar-refractivity contribution in [3.05, 3.63) is 0 Å². The van der Waals surface area contributed by atoms with Crippen LogP contribution in [0.15, 0.2) is 5.16 Å². The van der Waals surface area contributed by atoms with Gasteiger partial charge in [0.1, 0.15) is 0 Å². The van der Waals surface area contributed by atoms with E-state index in [-0.39, 0.29) is 5.41 Å². The molecule has 0 unspecified atom stereocenters. The van der Waals surface area contributed by atoms with E-state index in [2.05, 4.69) is 25.9 Å². The lowest BCUT2D eigenvalue weighted by atomic mass is 9.90. The minimum Gasteiger partial charge on any atom is -0.478 e. The molecule has 4 heteroatoms. The predicted octanol–water partition coefficient (Wildman–Crippen LogP) is 2.68. The molecule has 0 fully saturated rings. The van der Waals surface area contributed by atoms with Crippen molar-refractivity contribution in [1.82, 2.24) is 0 Å². The molecule has 0 aliphatic carbocycles. The Kier molecular flexibility index (Phi) is 4.31. The maximum atomic E-state index is 10.7. The highest BCUT2D eigenvalue weighted by Gasteiger charge is 2.29. The standard InChI is InChI=1S/C11H21NO3/c1-8(7-10(2,3)4)12-15-11(5,6)9(13)14/h7H2,1-6H3,(H,13,14)/b12-8+. The van der Waals surface area contributed by atoms with Gasteiger partial charge in [0.25, 0.3) is 0 Å². The molecule has 0 aromatic rings. The summed E-state index contributed by atoms with van der Waals surface area (Å²) in [5.74, 6) is -1.02. The number of carbonyl (C=O) groups is 1. The van der Waals surface area contributed by atoms with Gasteiger partial charge in [-0.05, 0) is 32.6 Å². The van der Waals surface area contributed by atoms with Gasteiger partial charge >= 0.3 is 5.97 Å². The summed E-state index contributed by atoms with van der Waals surface area (Å²) in [6.45, 7) is 11.1. The number of carboxylic acids is 1. The Morgan fingerprint density at radius 1 is 1.27 bits per heavy atom. The Bertz CT molecular complexity index is 261. The topological polar surface area (TPSA) is 58.9 Å². The zero-order valence-electron chi connectivity index (χ0n) is 10.4. The maximum absolute atomic E-state index is 10.7. The molecule has 4 nitrogen and oxygen atoms in total. The fourth-order valence-corrected chi connectivity index (χ4v) is 1.03. The van der Waals surface area contributed by atoms with Gasteiger partial charge in [-0.1, -0.05) is 25.9 Å². The molecule has 0 aliphatic heterocycles. The molecule has 0 aliphatic rings. The van der Waals surface area contributed by atoms with Crippen LogP contribution >= 0.6 is 0 Å². The summed E-state index contributed by atoms with van der Waals surface area (Å²) >= 11 is 0. The number of hydrogen-bond donors (Lipinski definition) is 1. The van der Waals surface area contributed by atoms with Crippen LogP contribution in [0.2, 0.25) is 0 Å². The first kappa shape index (κ1) is 13.9. The molecule has 0 amide bonds. The van der Waals surface area contributed by atoms with Crippen molar-refractivity contribution in [3.8, 4) is 0 Å². The summed E-state index contributed by atoms with van der Waals surface area (Å²) in [4.78, 5) is 15.7. The summed E-state index contributed by atoms with van der Waals surface area (Å²) in [6.07, 6.45) is 0.780. The van der Waals surface area contributed by atoms with Crippen molar-refractivity contribution < 1.29 is 14.7 Å². The Hall–Kier alpha value is -1.06. The molecule has 0 aromatic heterocycles. The SMILES string of the molecule is C/C(CC(C)(C)C)=N\OC(C)(C)C(=O)O. The molecule has 0 radical (unpaired) electrons. The van der Waals surface area contributed by atoms with Crippen molar-refractivity contribution in [2.75, 3.05) is 0 Å². The van der Waals surface area contributed by atoms with Crippen molar-refractivity contribution >= 4 is 11.7 Å². The van der Waals surface area contributed by atoms with Crippen molar-refractivity contribution in [2.45, 2.75) is 53.6 Å². The Morgan fingerprint density at radius 2 is 1.73 bits per heavy atom. The summed E-state index contributed by atoms with van der Waals surface area (Å²) in [7, 11) is 0. The van der Waals surface area contributed by atoms with Gasteiger partial charge in [0.15, 0.2) is 0 Å². The zero-order chi connectivity index (χ0) is 12.3. The number of carboxylic acid groups (broad SMARTS) is 1. The number of hydrogen-bond acceptors (Lipinski definition) is 3. The van der Waals surface area contributed by atoms with E-state index in [0.717, 1.165) is 12.1 Å². The van der Waals surface area contributed by atoms with E-state index in [1.807, 2.05) is 6.92 Å². The minimum atomic E-state index is -1.26. The van der Waals surface area contributed by atoms with Crippen LogP contribution in [0, 0.1) is 5.41 Å².